The van der Waals surface area contributed by atoms with E-state index in [-0.39, 0.29) is 11.8 Å². The molecule has 0 spiro atoms. The molecule has 120 valence electrons. The fraction of sp³-hybridized carbons (Fsp3) is 0.353. The lowest BCUT2D eigenvalue weighted by atomic mass is 9.94. The summed E-state index contributed by atoms with van der Waals surface area (Å²) in [5.74, 6) is -1.07. The van der Waals surface area contributed by atoms with E-state index in [0.29, 0.717) is 6.42 Å². The van der Waals surface area contributed by atoms with E-state index >= 15 is 0 Å². The second kappa shape index (κ2) is 6.97. The Morgan fingerprint density at radius 1 is 1.43 bits per heavy atom. The molecule has 0 saturated heterocycles. The second-order valence-electron chi connectivity index (χ2n) is 5.41. The van der Waals surface area contributed by atoms with E-state index < -0.39 is 12.0 Å². The van der Waals surface area contributed by atoms with Gasteiger partial charge in [-0.3, -0.25) is 4.79 Å². The number of amides is 1. The van der Waals surface area contributed by atoms with E-state index in [4.69, 9.17) is 4.74 Å². The summed E-state index contributed by atoms with van der Waals surface area (Å²) in [7, 11) is 1.29. The van der Waals surface area contributed by atoms with Crippen molar-refractivity contribution >= 4 is 22.8 Å². The smallest absolute Gasteiger partial charge is 0.328 e. The zero-order valence-corrected chi connectivity index (χ0v) is 13.3. The molecule has 0 radical (unpaired) electrons. The Morgan fingerprint density at radius 2 is 2.17 bits per heavy atom. The van der Waals surface area contributed by atoms with Gasteiger partial charge >= 0.3 is 5.97 Å². The van der Waals surface area contributed by atoms with Gasteiger partial charge < -0.3 is 15.0 Å². The van der Waals surface area contributed by atoms with E-state index in [1.165, 1.54) is 14.0 Å². The van der Waals surface area contributed by atoms with Gasteiger partial charge in [-0.25, -0.2) is 4.79 Å². The van der Waals surface area contributed by atoms with E-state index in [9.17, 15) is 14.9 Å². The quantitative estimate of drug-likeness (QED) is 0.826. The van der Waals surface area contributed by atoms with Crippen molar-refractivity contribution < 1.29 is 14.3 Å². The Kier molecular flexibility index (Phi) is 5.02. The van der Waals surface area contributed by atoms with Crippen LogP contribution in [-0.2, 0) is 20.7 Å². The van der Waals surface area contributed by atoms with Gasteiger partial charge in [-0.2, -0.15) is 5.26 Å². The van der Waals surface area contributed by atoms with Crippen LogP contribution >= 0.6 is 0 Å². The Morgan fingerprint density at radius 3 is 2.78 bits per heavy atom. The van der Waals surface area contributed by atoms with Crippen LogP contribution in [0.25, 0.3) is 10.9 Å². The minimum Gasteiger partial charge on any atom is -0.467 e. The number of ether oxygens (including phenoxy) is 1. The first-order chi connectivity index (χ1) is 11.0. The van der Waals surface area contributed by atoms with Gasteiger partial charge in [0, 0.05) is 30.4 Å². The van der Waals surface area contributed by atoms with Crippen molar-refractivity contribution in [1.29, 1.82) is 5.26 Å². The Bertz CT molecular complexity index is 773. The molecule has 2 aromatic rings. The number of carbonyl (C=O) groups excluding carboxylic acids is 2. The van der Waals surface area contributed by atoms with Crippen molar-refractivity contribution in [3.63, 3.8) is 0 Å². The van der Waals surface area contributed by atoms with Crippen LogP contribution in [0.15, 0.2) is 24.4 Å². The standard InChI is InChI=1S/C17H19N3O3/c1-10(8-18)13-5-4-6-14-16(13)12(9-19-14)7-15(17(22)23-3)20-11(2)21/h4-6,9-10,15,19H,7H2,1-3H3,(H,20,21). The number of nitrogens with one attached hydrogen (secondary N) is 2. The SMILES string of the molecule is COC(=O)C(Cc1c[nH]c2cccc(C(C)C#N)c12)NC(C)=O. The number of nitriles is 1. The minimum absolute atomic E-state index is 0.273. The molecule has 2 N–H and O–H groups in total. The number of fused-ring (bicyclic) bond motifs is 1. The molecule has 0 saturated carbocycles. The number of benzene rings is 1. The molecule has 2 unspecified atom stereocenters. The third-order valence-corrected chi connectivity index (χ3v) is 3.77. The molecule has 1 aromatic carbocycles. The summed E-state index contributed by atoms with van der Waals surface area (Å²) in [6, 6.07) is 7.18. The third kappa shape index (κ3) is 3.51. The molecule has 1 amide bonds. The Hall–Kier alpha value is -2.81. The third-order valence-electron chi connectivity index (χ3n) is 3.77. The summed E-state index contributed by atoms with van der Waals surface area (Å²) >= 11 is 0. The molecule has 0 fully saturated rings. The molecule has 23 heavy (non-hydrogen) atoms. The van der Waals surface area contributed by atoms with Crippen molar-refractivity contribution in [2.45, 2.75) is 32.2 Å². The van der Waals surface area contributed by atoms with Gasteiger partial charge in [-0.05, 0) is 24.1 Å². The van der Waals surface area contributed by atoms with Gasteiger partial charge in [-0.1, -0.05) is 12.1 Å². The van der Waals surface area contributed by atoms with E-state index in [2.05, 4.69) is 16.4 Å². The summed E-state index contributed by atoms with van der Waals surface area (Å²) in [4.78, 5) is 26.4. The Labute approximate surface area is 134 Å². The van der Waals surface area contributed by atoms with Crippen molar-refractivity contribution in [3.8, 4) is 6.07 Å². The second-order valence-corrected chi connectivity index (χ2v) is 5.41. The number of hydrogen-bond donors (Lipinski definition) is 2. The van der Waals surface area contributed by atoms with Crippen LogP contribution in [0.2, 0.25) is 0 Å². The van der Waals surface area contributed by atoms with Crippen LogP contribution in [0.1, 0.15) is 30.9 Å². The van der Waals surface area contributed by atoms with Crippen molar-refractivity contribution in [2.24, 2.45) is 0 Å². The monoisotopic (exact) mass is 313 g/mol. The van der Waals surface area contributed by atoms with Gasteiger partial charge in [-0.15, -0.1) is 0 Å². The van der Waals surface area contributed by atoms with Gasteiger partial charge in [0.25, 0.3) is 0 Å². The average molecular weight is 313 g/mol. The van der Waals surface area contributed by atoms with Crippen molar-refractivity contribution in [1.82, 2.24) is 10.3 Å². The summed E-state index contributed by atoms with van der Waals surface area (Å²) in [6.45, 7) is 3.19. The van der Waals surface area contributed by atoms with Crippen LogP contribution < -0.4 is 5.32 Å². The first-order valence-corrected chi connectivity index (χ1v) is 7.31. The maximum atomic E-state index is 11.9. The predicted molar refractivity (Wildman–Crippen MR) is 85.7 cm³/mol. The molecular weight excluding hydrogens is 294 g/mol. The normalized spacial score (nSPS) is 13.1. The van der Waals surface area contributed by atoms with E-state index in [1.54, 1.807) is 6.20 Å². The maximum Gasteiger partial charge on any atom is 0.328 e. The molecule has 0 aliphatic carbocycles. The van der Waals surface area contributed by atoms with Crippen molar-refractivity contribution in [3.05, 3.63) is 35.5 Å². The van der Waals surface area contributed by atoms with E-state index in [1.807, 2.05) is 25.1 Å². The lowest BCUT2D eigenvalue weighted by molar-refractivity contribution is -0.144. The topological polar surface area (TPSA) is 95.0 Å². The van der Waals surface area contributed by atoms with Crippen LogP contribution in [-0.4, -0.2) is 30.0 Å². The number of aromatic amines is 1. The van der Waals surface area contributed by atoms with Crippen LogP contribution in [0.5, 0.6) is 0 Å². The van der Waals surface area contributed by atoms with Crippen LogP contribution in [0, 0.1) is 11.3 Å². The van der Waals surface area contributed by atoms with Crippen molar-refractivity contribution in [2.75, 3.05) is 7.11 Å². The van der Waals surface area contributed by atoms with Gasteiger partial charge in [0.2, 0.25) is 5.91 Å². The lowest BCUT2D eigenvalue weighted by Gasteiger charge is -2.16. The fourth-order valence-corrected chi connectivity index (χ4v) is 2.68. The van der Waals surface area contributed by atoms with Crippen LogP contribution in [0.4, 0.5) is 0 Å². The zero-order valence-electron chi connectivity index (χ0n) is 13.3. The molecule has 6 nitrogen and oxygen atoms in total. The van der Waals surface area contributed by atoms with Gasteiger partial charge in [0.05, 0.1) is 19.1 Å². The number of nitrogens with zero attached hydrogens (tertiary/aromatic N) is 1. The molecule has 0 aliphatic rings. The maximum absolute atomic E-state index is 11.9. The lowest BCUT2D eigenvalue weighted by Crippen LogP contribution is -2.41. The highest BCUT2D eigenvalue weighted by atomic mass is 16.5. The molecule has 2 rings (SSSR count). The number of carbonyl (C=O) groups is 2. The van der Waals surface area contributed by atoms with Gasteiger partial charge in [0.1, 0.15) is 6.04 Å². The molecule has 0 bridgehead atoms. The number of rotatable bonds is 5. The highest BCUT2D eigenvalue weighted by Gasteiger charge is 2.23. The summed E-state index contributed by atoms with van der Waals surface area (Å²) < 4.78 is 4.76. The number of aromatic nitrogens is 1. The minimum atomic E-state index is -0.762. The molecule has 2 atom stereocenters. The highest BCUT2D eigenvalue weighted by Crippen LogP contribution is 2.29. The fourth-order valence-electron chi connectivity index (χ4n) is 2.68. The Balaban J connectivity index is 2.44. The van der Waals surface area contributed by atoms with E-state index in [0.717, 1.165) is 22.0 Å². The molecular formula is C17H19N3O3. The number of hydrogen-bond acceptors (Lipinski definition) is 4. The average Bonchev–Trinajstić information content (AvgIpc) is 2.95. The molecule has 6 heteroatoms. The molecule has 1 heterocycles. The predicted octanol–water partition coefficient (Wildman–Crippen LogP) is 2.02. The highest BCUT2D eigenvalue weighted by molar-refractivity contribution is 5.89. The van der Waals surface area contributed by atoms with Crippen LogP contribution in [0.3, 0.4) is 0 Å². The summed E-state index contributed by atoms with van der Waals surface area (Å²) in [6.07, 6.45) is 2.09. The molecule has 0 aliphatic heterocycles. The summed E-state index contributed by atoms with van der Waals surface area (Å²) in [5, 5.41) is 12.7. The molecule has 1 aromatic heterocycles. The number of H-pyrrole nitrogens is 1. The largest absolute Gasteiger partial charge is 0.467 e. The van der Waals surface area contributed by atoms with Gasteiger partial charge in [0.15, 0.2) is 0 Å². The number of methoxy groups -OCH3 is 1. The number of esters is 1. The summed E-state index contributed by atoms with van der Waals surface area (Å²) in [5.41, 5.74) is 2.65. The first kappa shape index (κ1) is 16.6. The first-order valence-electron chi connectivity index (χ1n) is 7.31. The zero-order chi connectivity index (χ0) is 17.0.